The largest absolute Gasteiger partial charge is 0.476 e. The molecule has 1 aromatic heterocycles. The molecule has 0 saturated carbocycles. The van der Waals surface area contributed by atoms with Gasteiger partial charge in [0, 0.05) is 4.90 Å². The normalized spacial score (nSPS) is 10.6. The van der Waals surface area contributed by atoms with Gasteiger partial charge in [0.25, 0.3) is 0 Å². The molecule has 1 heterocycles. The van der Waals surface area contributed by atoms with E-state index in [-0.39, 0.29) is 6.10 Å². The number of ether oxygens (including phenoxy) is 1. The zero-order valence-electron chi connectivity index (χ0n) is 10.8. The molecule has 0 aliphatic carbocycles. The number of pyridine rings is 1. The third-order valence-electron chi connectivity index (χ3n) is 1.79. The summed E-state index contributed by atoms with van der Waals surface area (Å²) in [6.07, 6.45) is 6.56. The fourth-order valence-corrected chi connectivity index (χ4v) is 1.44. The predicted molar refractivity (Wildman–Crippen MR) is 76.5 cm³/mol. The van der Waals surface area contributed by atoms with Crippen molar-refractivity contribution in [3.8, 4) is 18.1 Å². The number of hydrogen-bond donors (Lipinski definition) is 1. The lowest BCUT2D eigenvalue weighted by Crippen LogP contribution is -2.08. The van der Waals surface area contributed by atoms with Crippen LogP contribution in [0.3, 0.4) is 0 Å². The molecule has 0 N–H and O–H groups in total. The van der Waals surface area contributed by atoms with Crippen LogP contribution in [0.2, 0.25) is 0 Å². The second-order valence-electron chi connectivity index (χ2n) is 3.25. The van der Waals surface area contributed by atoms with Crippen molar-refractivity contribution >= 4 is 18.2 Å². The summed E-state index contributed by atoms with van der Waals surface area (Å²) in [6, 6.07) is 1.79. The topological polar surface area (TPSA) is 22.1 Å². The number of hydrogen-bond acceptors (Lipinski definition) is 3. The van der Waals surface area contributed by atoms with Crippen molar-refractivity contribution in [1.29, 1.82) is 0 Å². The van der Waals surface area contributed by atoms with E-state index < -0.39 is 0 Å². The molecule has 1 rings (SSSR count). The maximum atomic E-state index is 5.40. The van der Waals surface area contributed by atoms with E-state index in [4.69, 9.17) is 11.2 Å². The van der Waals surface area contributed by atoms with Crippen LogP contribution in [0, 0.1) is 12.3 Å². The van der Waals surface area contributed by atoms with Gasteiger partial charge in [-0.15, -0.1) is 19.1 Å². The third-order valence-corrected chi connectivity index (χ3v) is 2.14. The summed E-state index contributed by atoms with van der Waals surface area (Å²) >= 11 is 4.30. The number of terminal acetylenes is 1. The van der Waals surface area contributed by atoms with Gasteiger partial charge in [0.2, 0.25) is 0 Å². The molecule has 1 unspecified atom stereocenters. The molecule has 2 nitrogen and oxygen atoms in total. The van der Waals surface area contributed by atoms with Gasteiger partial charge >= 0.3 is 0 Å². The maximum Gasteiger partial charge on any atom is 0.156 e. The van der Waals surface area contributed by atoms with Crippen LogP contribution in [-0.4, -0.2) is 11.1 Å². The van der Waals surface area contributed by atoms with Gasteiger partial charge in [-0.25, -0.2) is 0 Å². The lowest BCUT2D eigenvalue weighted by Gasteiger charge is -2.10. The molecule has 0 aliphatic rings. The molecule has 0 saturated heterocycles. The van der Waals surface area contributed by atoms with Crippen molar-refractivity contribution in [1.82, 2.24) is 4.98 Å². The Labute approximate surface area is 110 Å². The molecule has 0 aromatic carbocycles. The number of nitrogens with zero attached hydrogens (tertiary/aromatic N) is 1. The van der Waals surface area contributed by atoms with Gasteiger partial charge in [-0.1, -0.05) is 26.3 Å². The average molecular weight is 249 g/mol. The van der Waals surface area contributed by atoms with E-state index in [2.05, 4.69) is 30.1 Å². The Morgan fingerprint density at radius 2 is 2.18 bits per heavy atom. The number of rotatable bonds is 3. The van der Waals surface area contributed by atoms with Gasteiger partial charge in [0.1, 0.15) is 5.75 Å². The first kappa shape index (κ1) is 15.6. The van der Waals surface area contributed by atoms with Gasteiger partial charge in [0.15, 0.2) is 6.10 Å². The van der Waals surface area contributed by atoms with E-state index in [1.807, 2.05) is 20.8 Å². The zero-order valence-corrected chi connectivity index (χ0v) is 11.7. The highest BCUT2D eigenvalue weighted by Crippen LogP contribution is 2.23. The summed E-state index contributed by atoms with van der Waals surface area (Å²) in [5.41, 5.74) is 1.65. The molecule has 0 amide bonds. The summed E-state index contributed by atoms with van der Waals surface area (Å²) in [6.45, 7) is 11.5. The van der Waals surface area contributed by atoms with Gasteiger partial charge in [-0.05, 0) is 25.5 Å². The number of allylic oxidation sites excluding steroid dienone is 1. The van der Waals surface area contributed by atoms with Crippen molar-refractivity contribution in [2.75, 3.05) is 0 Å². The highest BCUT2D eigenvalue weighted by Gasteiger charge is 2.05. The van der Waals surface area contributed by atoms with Crippen molar-refractivity contribution in [2.45, 2.75) is 38.7 Å². The first-order chi connectivity index (χ1) is 8.04. The van der Waals surface area contributed by atoms with E-state index in [0.717, 1.165) is 16.2 Å². The Kier molecular flexibility index (Phi) is 7.16. The van der Waals surface area contributed by atoms with Crippen LogP contribution in [0.25, 0.3) is 5.57 Å². The summed E-state index contributed by atoms with van der Waals surface area (Å²) in [5.74, 6) is 3.10. The van der Waals surface area contributed by atoms with Crippen LogP contribution in [0.15, 0.2) is 23.7 Å². The summed E-state index contributed by atoms with van der Waals surface area (Å²) in [5, 5.41) is 0. The van der Waals surface area contributed by atoms with Crippen molar-refractivity contribution in [3.63, 3.8) is 0 Å². The quantitative estimate of drug-likeness (QED) is 0.649. The van der Waals surface area contributed by atoms with E-state index in [1.165, 1.54) is 0 Å². The molecular weight excluding hydrogens is 230 g/mol. The second kappa shape index (κ2) is 7.81. The van der Waals surface area contributed by atoms with Gasteiger partial charge < -0.3 is 4.74 Å². The van der Waals surface area contributed by atoms with E-state index in [0.29, 0.717) is 5.75 Å². The smallest absolute Gasteiger partial charge is 0.156 e. The molecule has 1 aromatic rings. The Balaban J connectivity index is 0.00000121. The fraction of sp³-hybridized carbons (Fsp3) is 0.357. The summed E-state index contributed by atoms with van der Waals surface area (Å²) < 4.78 is 5.40. The number of aromatic nitrogens is 1. The molecule has 0 aliphatic heterocycles. The molecule has 92 valence electrons. The highest BCUT2D eigenvalue weighted by atomic mass is 32.1. The van der Waals surface area contributed by atoms with E-state index in [9.17, 15) is 0 Å². The molecule has 3 heteroatoms. The minimum atomic E-state index is -0.268. The van der Waals surface area contributed by atoms with Crippen LogP contribution in [-0.2, 0) is 0 Å². The minimum Gasteiger partial charge on any atom is -0.476 e. The SMILES string of the molecule is C#CC(C)Oc1cnc(C(=C)C)c(S)c1.CC. The molecule has 1 atom stereocenters. The predicted octanol–water partition coefficient (Wildman–Crippen LogP) is 3.83. The summed E-state index contributed by atoms with van der Waals surface area (Å²) in [7, 11) is 0. The second-order valence-corrected chi connectivity index (χ2v) is 3.73. The lowest BCUT2D eigenvalue weighted by molar-refractivity contribution is 0.277. The minimum absolute atomic E-state index is 0.268. The molecule has 0 spiro atoms. The zero-order chi connectivity index (χ0) is 13.4. The Morgan fingerprint density at radius 3 is 2.59 bits per heavy atom. The van der Waals surface area contributed by atoms with Gasteiger partial charge in [-0.3, -0.25) is 4.98 Å². The average Bonchev–Trinajstić information content (AvgIpc) is 2.31. The first-order valence-electron chi connectivity index (χ1n) is 5.52. The molecular formula is C14H19NOS. The molecule has 0 bridgehead atoms. The number of thiol groups is 1. The standard InChI is InChI=1S/C12H13NOS.C2H6/c1-5-9(4)14-10-6-11(15)12(8(2)3)13-7-10;1-2/h1,6-7,9,15H,2H2,3-4H3;1-2H3. The van der Waals surface area contributed by atoms with Gasteiger partial charge in [0.05, 0.1) is 11.9 Å². The molecule has 17 heavy (non-hydrogen) atoms. The van der Waals surface area contributed by atoms with Crippen molar-refractivity contribution < 1.29 is 4.74 Å². The van der Waals surface area contributed by atoms with Crippen LogP contribution in [0.5, 0.6) is 5.75 Å². The molecule has 0 radical (unpaired) electrons. The first-order valence-corrected chi connectivity index (χ1v) is 5.97. The van der Waals surface area contributed by atoms with E-state index in [1.54, 1.807) is 19.2 Å². The van der Waals surface area contributed by atoms with E-state index >= 15 is 0 Å². The van der Waals surface area contributed by atoms with Crippen LogP contribution in [0.4, 0.5) is 0 Å². The molecule has 0 fully saturated rings. The van der Waals surface area contributed by atoms with Crippen LogP contribution < -0.4 is 4.74 Å². The van der Waals surface area contributed by atoms with Crippen molar-refractivity contribution in [2.24, 2.45) is 0 Å². The van der Waals surface area contributed by atoms with Crippen LogP contribution in [0.1, 0.15) is 33.4 Å². The Bertz CT molecular complexity index is 421. The van der Waals surface area contributed by atoms with Crippen molar-refractivity contribution in [3.05, 3.63) is 24.5 Å². The third kappa shape index (κ3) is 4.97. The van der Waals surface area contributed by atoms with Crippen LogP contribution >= 0.6 is 12.6 Å². The Hall–Kier alpha value is -1.40. The summed E-state index contributed by atoms with van der Waals surface area (Å²) in [4.78, 5) is 4.94. The lowest BCUT2D eigenvalue weighted by atomic mass is 10.2. The van der Waals surface area contributed by atoms with Gasteiger partial charge in [-0.2, -0.15) is 0 Å². The fourth-order valence-electron chi connectivity index (χ4n) is 1.07. The highest BCUT2D eigenvalue weighted by molar-refractivity contribution is 7.80. The Morgan fingerprint density at radius 1 is 1.59 bits per heavy atom. The monoisotopic (exact) mass is 249 g/mol. The maximum absolute atomic E-state index is 5.40.